The Morgan fingerprint density at radius 2 is 1.81 bits per heavy atom. The molecule has 26 heavy (non-hydrogen) atoms. The van der Waals surface area contributed by atoms with Gasteiger partial charge in [-0.05, 0) is 24.3 Å². The van der Waals surface area contributed by atoms with E-state index in [0.29, 0.717) is 0 Å². The molecular weight excluding hydrogens is 362 g/mol. The van der Waals surface area contributed by atoms with Crippen LogP contribution in [0.1, 0.15) is 5.56 Å². The fraction of sp³-hybridized carbons (Fsp3) is 0. The van der Waals surface area contributed by atoms with E-state index in [2.05, 4.69) is 0 Å². The summed E-state index contributed by atoms with van der Waals surface area (Å²) >= 11 is 0. The van der Waals surface area contributed by atoms with Gasteiger partial charge in [0.15, 0.2) is 0 Å². The first-order chi connectivity index (χ1) is 12.2. The molecule has 0 saturated carbocycles. The number of amides is 1. The average Bonchev–Trinajstić information content (AvgIpc) is 2.60. The topological polar surface area (TPSA) is 153 Å². The quantitative estimate of drug-likeness (QED) is 0.266. The predicted molar refractivity (Wildman–Crippen MR) is 90.1 cm³/mol. The van der Waals surface area contributed by atoms with Gasteiger partial charge in [0.05, 0.1) is 4.92 Å². The Labute approximate surface area is 148 Å². The first-order valence-corrected chi connectivity index (χ1v) is 8.35. The number of hydrogen-bond acceptors (Lipinski definition) is 7. The molecule has 2 aromatic carbocycles. The van der Waals surface area contributed by atoms with Crippen LogP contribution >= 0.6 is 0 Å². The van der Waals surface area contributed by atoms with Gasteiger partial charge in [0.25, 0.3) is 11.6 Å². The van der Waals surface area contributed by atoms with E-state index in [1.807, 2.05) is 0 Å². The van der Waals surface area contributed by atoms with E-state index in [0.717, 1.165) is 30.3 Å². The van der Waals surface area contributed by atoms with Gasteiger partial charge >= 0.3 is 10.1 Å². The molecule has 2 rings (SSSR count). The number of nitro benzene ring substituents is 1. The molecule has 10 heteroatoms. The number of non-ortho nitro benzene ring substituents is 1. The van der Waals surface area contributed by atoms with Crippen LogP contribution in [0.2, 0.25) is 0 Å². The molecule has 0 saturated heterocycles. The van der Waals surface area contributed by atoms with Crippen molar-refractivity contribution in [2.24, 2.45) is 5.73 Å². The number of nitriles is 1. The Bertz CT molecular complexity index is 1040. The molecule has 0 unspecified atom stereocenters. The lowest BCUT2D eigenvalue weighted by Gasteiger charge is -2.09. The molecule has 0 radical (unpaired) electrons. The third-order valence-corrected chi connectivity index (χ3v) is 4.39. The average molecular weight is 373 g/mol. The van der Waals surface area contributed by atoms with Crippen molar-refractivity contribution >= 4 is 27.8 Å². The zero-order valence-electron chi connectivity index (χ0n) is 13.0. The van der Waals surface area contributed by atoms with E-state index in [-0.39, 0.29) is 27.5 Å². The highest BCUT2D eigenvalue weighted by Crippen LogP contribution is 2.26. The molecule has 2 N–H and O–H groups in total. The monoisotopic (exact) mass is 373 g/mol. The summed E-state index contributed by atoms with van der Waals surface area (Å²) in [6.07, 6.45) is 1.10. The summed E-state index contributed by atoms with van der Waals surface area (Å²) in [7, 11) is -4.29. The number of primary amides is 1. The van der Waals surface area contributed by atoms with Gasteiger partial charge in [0.1, 0.15) is 22.3 Å². The maximum Gasteiger partial charge on any atom is 0.339 e. The molecule has 0 aliphatic carbocycles. The summed E-state index contributed by atoms with van der Waals surface area (Å²) in [6.45, 7) is 0. The Kier molecular flexibility index (Phi) is 5.34. The fourth-order valence-electron chi connectivity index (χ4n) is 1.89. The molecule has 0 atom stereocenters. The molecule has 0 fully saturated rings. The zero-order chi connectivity index (χ0) is 19.3. The SMILES string of the molecule is N#CC(=Cc1ccccc1OS(=O)(=O)c1ccc([N+](=O)[O-])cc1)C(N)=O. The van der Waals surface area contributed by atoms with Crippen LogP contribution in [-0.4, -0.2) is 19.2 Å². The van der Waals surface area contributed by atoms with Gasteiger partial charge < -0.3 is 9.92 Å². The number of rotatable bonds is 6. The molecular formula is C16H11N3O6S. The van der Waals surface area contributed by atoms with Crippen LogP contribution in [-0.2, 0) is 14.9 Å². The first-order valence-electron chi connectivity index (χ1n) is 6.94. The maximum absolute atomic E-state index is 12.4. The number of carbonyl (C=O) groups excluding carboxylic acids is 1. The highest BCUT2D eigenvalue weighted by molar-refractivity contribution is 7.87. The van der Waals surface area contributed by atoms with Crippen LogP contribution in [0.4, 0.5) is 5.69 Å². The van der Waals surface area contributed by atoms with Crippen molar-refractivity contribution in [2.45, 2.75) is 4.90 Å². The van der Waals surface area contributed by atoms with Crippen molar-refractivity contribution in [3.8, 4) is 11.8 Å². The third kappa shape index (κ3) is 4.22. The largest absolute Gasteiger partial charge is 0.378 e. The summed E-state index contributed by atoms with van der Waals surface area (Å²) in [6, 6.07) is 11.5. The lowest BCUT2D eigenvalue weighted by atomic mass is 10.1. The fourth-order valence-corrected chi connectivity index (χ4v) is 2.84. The van der Waals surface area contributed by atoms with E-state index < -0.39 is 20.9 Å². The summed E-state index contributed by atoms with van der Waals surface area (Å²) in [5.41, 5.74) is 4.55. The van der Waals surface area contributed by atoms with Crippen molar-refractivity contribution in [3.63, 3.8) is 0 Å². The minimum Gasteiger partial charge on any atom is -0.378 e. The van der Waals surface area contributed by atoms with Crippen LogP contribution < -0.4 is 9.92 Å². The third-order valence-electron chi connectivity index (χ3n) is 3.14. The maximum atomic E-state index is 12.4. The van der Waals surface area contributed by atoms with Gasteiger partial charge in [-0.2, -0.15) is 13.7 Å². The summed E-state index contributed by atoms with van der Waals surface area (Å²) < 4.78 is 29.8. The molecule has 0 spiro atoms. The molecule has 0 aromatic heterocycles. The smallest absolute Gasteiger partial charge is 0.339 e. The van der Waals surface area contributed by atoms with Crippen LogP contribution in [0.15, 0.2) is 59.0 Å². The Morgan fingerprint density at radius 3 is 2.35 bits per heavy atom. The van der Waals surface area contributed by atoms with Crippen molar-refractivity contribution in [1.82, 2.24) is 0 Å². The van der Waals surface area contributed by atoms with Gasteiger partial charge in [0.2, 0.25) is 0 Å². The molecule has 0 aliphatic rings. The van der Waals surface area contributed by atoms with Crippen molar-refractivity contribution in [3.05, 3.63) is 69.8 Å². The number of hydrogen-bond donors (Lipinski definition) is 1. The van der Waals surface area contributed by atoms with E-state index in [4.69, 9.17) is 15.2 Å². The lowest BCUT2D eigenvalue weighted by molar-refractivity contribution is -0.384. The first kappa shape index (κ1) is 18.6. The Morgan fingerprint density at radius 1 is 1.19 bits per heavy atom. The molecule has 1 amide bonds. The summed E-state index contributed by atoms with van der Waals surface area (Å²) in [5.74, 6) is -1.11. The molecule has 132 valence electrons. The van der Waals surface area contributed by atoms with Crippen LogP contribution in [0, 0.1) is 21.4 Å². The number of nitro groups is 1. The van der Waals surface area contributed by atoms with Gasteiger partial charge in [-0.1, -0.05) is 18.2 Å². The number of para-hydroxylation sites is 1. The van der Waals surface area contributed by atoms with E-state index >= 15 is 0 Å². The van der Waals surface area contributed by atoms with E-state index in [1.54, 1.807) is 12.1 Å². The van der Waals surface area contributed by atoms with Gasteiger partial charge in [-0.25, -0.2) is 0 Å². The number of nitrogens with two attached hydrogens (primary N) is 1. The van der Waals surface area contributed by atoms with Gasteiger partial charge in [-0.15, -0.1) is 0 Å². The molecule has 2 aromatic rings. The second-order valence-electron chi connectivity index (χ2n) is 4.86. The van der Waals surface area contributed by atoms with Crippen LogP contribution in [0.3, 0.4) is 0 Å². The van der Waals surface area contributed by atoms with E-state index in [9.17, 15) is 23.3 Å². The second-order valence-corrected chi connectivity index (χ2v) is 6.41. The molecule has 0 bridgehead atoms. The second kappa shape index (κ2) is 7.45. The molecule has 0 aliphatic heterocycles. The Balaban J connectivity index is 2.40. The molecule has 9 nitrogen and oxygen atoms in total. The van der Waals surface area contributed by atoms with Gasteiger partial charge in [0, 0.05) is 17.7 Å². The number of benzene rings is 2. The normalized spacial score (nSPS) is 11.4. The van der Waals surface area contributed by atoms with Crippen molar-refractivity contribution in [2.75, 3.05) is 0 Å². The summed E-state index contributed by atoms with van der Waals surface area (Å²) in [4.78, 5) is 20.8. The van der Waals surface area contributed by atoms with E-state index in [1.165, 1.54) is 18.2 Å². The number of nitrogens with zero attached hydrogens (tertiary/aromatic N) is 2. The molecule has 0 heterocycles. The Hall–Kier alpha value is -3.71. The minimum atomic E-state index is -4.29. The van der Waals surface area contributed by atoms with Crippen LogP contribution in [0.5, 0.6) is 5.75 Å². The lowest BCUT2D eigenvalue weighted by Crippen LogP contribution is -2.13. The minimum absolute atomic E-state index is 0.139. The van der Waals surface area contributed by atoms with Crippen molar-refractivity contribution < 1.29 is 22.3 Å². The van der Waals surface area contributed by atoms with Crippen molar-refractivity contribution in [1.29, 1.82) is 5.26 Å². The predicted octanol–water partition coefficient (Wildman–Crippen LogP) is 1.75. The summed E-state index contributed by atoms with van der Waals surface area (Å²) in [5, 5.41) is 19.5. The zero-order valence-corrected chi connectivity index (χ0v) is 13.8. The van der Waals surface area contributed by atoms with Crippen LogP contribution in [0.25, 0.3) is 6.08 Å². The highest BCUT2D eigenvalue weighted by atomic mass is 32.2. The highest BCUT2D eigenvalue weighted by Gasteiger charge is 2.19. The van der Waals surface area contributed by atoms with Gasteiger partial charge in [-0.3, -0.25) is 14.9 Å². The number of carbonyl (C=O) groups is 1. The standard InChI is InChI=1S/C16H11N3O6S/c17-10-12(16(18)20)9-11-3-1-2-4-15(11)25-26(23,24)14-7-5-13(6-8-14)19(21)22/h1-9H,(H2,18,20).